The molecule has 0 saturated carbocycles. The van der Waals surface area contributed by atoms with E-state index in [4.69, 9.17) is 14.5 Å². The standard InChI is InChI=1S/C32H40I2N5O3/c1-4-6-18-24(28-26(35-31(33)36-28)22-14-10-8-11-15-22)39(3,25-20-41-21-42-25)30(40)29-27(23-16-12-9-13-17-23)37-32(34)38(29)19-7-5-2/h8-17,20,24,30,32,37,40H,4-7,18-19,21H2,1-3H3,(H,35,36)/q+1. The third-order valence-corrected chi connectivity index (χ3v) is 9.66. The molecule has 4 unspecified atom stereocenters. The number of aromatic amines is 1. The maximum absolute atomic E-state index is 12.9. The second-order valence-corrected chi connectivity index (χ2v) is 13.1. The predicted octanol–water partition coefficient (Wildman–Crippen LogP) is 7.27. The van der Waals surface area contributed by atoms with E-state index >= 15 is 0 Å². The molecule has 0 radical (unpaired) electrons. The second kappa shape index (κ2) is 14.0. The van der Waals surface area contributed by atoms with Crippen molar-refractivity contribution in [3.63, 3.8) is 0 Å². The van der Waals surface area contributed by atoms with Gasteiger partial charge in [0, 0.05) is 18.5 Å². The molecule has 5 rings (SSSR count). The largest absolute Gasteiger partial charge is 0.455 e. The summed E-state index contributed by atoms with van der Waals surface area (Å²) in [5, 5.41) is 16.6. The zero-order valence-electron chi connectivity index (χ0n) is 24.4. The first-order valence-corrected chi connectivity index (χ1v) is 17.0. The maximum Gasteiger partial charge on any atom is 0.333 e. The number of quaternary nitrogens is 1. The minimum atomic E-state index is -0.969. The fraction of sp³-hybridized carbons (Fsp3) is 0.406. The molecule has 1 aromatic heterocycles. The van der Waals surface area contributed by atoms with Crippen LogP contribution < -0.4 is 5.32 Å². The Morgan fingerprint density at radius 2 is 1.71 bits per heavy atom. The van der Waals surface area contributed by atoms with Crippen molar-refractivity contribution in [3.8, 4) is 11.3 Å². The second-order valence-electron chi connectivity index (χ2n) is 10.9. The number of nitrogens with one attached hydrogen (secondary N) is 2. The highest BCUT2D eigenvalue weighted by atomic mass is 127. The van der Waals surface area contributed by atoms with Gasteiger partial charge in [-0.3, -0.25) is 0 Å². The van der Waals surface area contributed by atoms with E-state index in [1.807, 2.05) is 36.4 Å². The van der Waals surface area contributed by atoms with E-state index in [2.05, 4.69) is 106 Å². The SMILES string of the molecule is CCCCC(c1[nH]c(I)nc1-c1ccccc1)[N+](C)(C1=COCO1)C(O)C1=C(c2ccccc2)NC(I)N1CCCC. The van der Waals surface area contributed by atoms with Crippen LogP contribution in [-0.2, 0) is 9.47 Å². The van der Waals surface area contributed by atoms with Crippen molar-refractivity contribution >= 4 is 50.9 Å². The van der Waals surface area contributed by atoms with Gasteiger partial charge in [0.1, 0.15) is 17.4 Å². The van der Waals surface area contributed by atoms with E-state index in [1.165, 1.54) is 0 Å². The Hall–Kier alpha value is -2.29. The highest BCUT2D eigenvalue weighted by molar-refractivity contribution is 14.1. The lowest BCUT2D eigenvalue weighted by Crippen LogP contribution is -2.57. The normalized spacial score (nSPS) is 19.5. The molecule has 3 heterocycles. The first-order valence-electron chi connectivity index (χ1n) is 14.7. The van der Waals surface area contributed by atoms with Crippen LogP contribution in [0.3, 0.4) is 0 Å². The van der Waals surface area contributed by atoms with Crippen molar-refractivity contribution in [1.29, 1.82) is 0 Å². The molecule has 8 nitrogen and oxygen atoms in total. The van der Waals surface area contributed by atoms with E-state index in [9.17, 15) is 5.11 Å². The van der Waals surface area contributed by atoms with E-state index in [-0.39, 0.29) is 21.5 Å². The average Bonchev–Trinajstić information content (AvgIpc) is 3.76. The first kappa shape index (κ1) is 31.1. The number of alkyl halides is 1. The molecule has 0 amide bonds. The summed E-state index contributed by atoms with van der Waals surface area (Å²) in [6.45, 7) is 5.35. The number of hydrogen-bond donors (Lipinski definition) is 3. The van der Waals surface area contributed by atoms with Crippen LogP contribution in [0.2, 0.25) is 0 Å². The van der Waals surface area contributed by atoms with Crippen molar-refractivity contribution in [3.05, 3.63) is 93.6 Å². The molecule has 0 fully saturated rings. The number of aliphatic hydroxyl groups is 1. The van der Waals surface area contributed by atoms with Gasteiger partial charge in [-0.05, 0) is 63.6 Å². The van der Waals surface area contributed by atoms with Crippen molar-refractivity contribution in [1.82, 2.24) is 20.2 Å². The molecule has 3 aromatic rings. The zero-order valence-corrected chi connectivity index (χ0v) is 28.7. The van der Waals surface area contributed by atoms with Gasteiger partial charge in [-0.15, -0.1) is 0 Å². The molecule has 10 heteroatoms. The Labute approximate surface area is 276 Å². The van der Waals surface area contributed by atoms with Crippen molar-refractivity contribution in [2.45, 2.75) is 62.4 Å². The molecule has 0 aliphatic carbocycles. The van der Waals surface area contributed by atoms with Crippen LogP contribution in [0, 0.1) is 3.83 Å². The molecular weight excluding hydrogens is 756 g/mol. The van der Waals surface area contributed by atoms with Crippen molar-refractivity contribution in [2.24, 2.45) is 0 Å². The van der Waals surface area contributed by atoms with Crippen LogP contribution in [-0.4, -0.2) is 55.2 Å². The van der Waals surface area contributed by atoms with Gasteiger partial charge in [0.25, 0.3) is 0 Å². The minimum Gasteiger partial charge on any atom is -0.455 e. The van der Waals surface area contributed by atoms with Gasteiger partial charge in [0.15, 0.2) is 14.3 Å². The molecule has 2 aliphatic heterocycles. The molecule has 0 saturated heterocycles. The Morgan fingerprint density at radius 3 is 2.33 bits per heavy atom. The summed E-state index contributed by atoms with van der Waals surface area (Å²) in [4.78, 5) is 10.9. The number of aromatic nitrogens is 2. The number of nitrogens with zero attached hydrogens (tertiary/aromatic N) is 3. The average molecular weight is 797 g/mol. The fourth-order valence-electron chi connectivity index (χ4n) is 5.89. The van der Waals surface area contributed by atoms with Crippen LogP contribution in [0.4, 0.5) is 0 Å². The van der Waals surface area contributed by atoms with Gasteiger partial charge in [-0.2, -0.15) is 0 Å². The lowest BCUT2D eigenvalue weighted by Gasteiger charge is -2.44. The van der Waals surface area contributed by atoms with Gasteiger partial charge in [0.05, 0.1) is 18.4 Å². The van der Waals surface area contributed by atoms with Crippen molar-refractivity contribution < 1.29 is 19.1 Å². The maximum atomic E-state index is 12.9. The fourth-order valence-corrected chi connectivity index (χ4v) is 7.31. The number of rotatable bonds is 13. The molecule has 0 bridgehead atoms. The summed E-state index contributed by atoms with van der Waals surface area (Å²) in [5.41, 5.74) is 5.77. The minimum absolute atomic E-state index is 0.000688. The van der Waals surface area contributed by atoms with E-state index < -0.39 is 6.23 Å². The molecule has 0 spiro atoms. The quantitative estimate of drug-likeness (QED) is 0.0556. The van der Waals surface area contributed by atoms with Gasteiger partial charge >= 0.3 is 5.88 Å². The Morgan fingerprint density at radius 1 is 1.05 bits per heavy atom. The lowest BCUT2D eigenvalue weighted by molar-refractivity contribution is -0.956. The number of likely N-dealkylation sites (N-methyl/N-ethyl adjacent to an activating group) is 1. The number of H-pyrrole nitrogens is 1. The van der Waals surface area contributed by atoms with Crippen molar-refractivity contribution in [2.75, 3.05) is 20.4 Å². The number of halogens is 2. The number of ether oxygens (including phenoxy) is 2. The molecular formula is C32H40I2N5O3+. The number of imidazole rings is 1. The van der Waals surface area contributed by atoms with Gasteiger partial charge in [0.2, 0.25) is 13.0 Å². The number of aliphatic hydroxyl groups excluding tert-OH is 1. The molecule has 2 aliphatic rings. The highest BCUT2D eigenvalue weighted by Crippen LogP contribution is 2.46. The summed E-state index contributed by atoms with van der Waals surface area (Å²) in [6.07, 6.45) is 5.59. The molecule has 4 atom stereocenters. The highest BCUT2D eigenvalue weighted by Gasteiger charge is 2.53. The van der Waals surface area contributed by atoms with Gasteiger partial charge < -0.3 is 29.8 Å². The van der Waals surface area contributed by atoms with Crippen LogP contribution >= 0.6 is 45.2 Å². The third-order valence-electron chi connectivity index (χ3n) is 8.17. The van der Waals surface area contributed by atoms with E-state index in [1.54, 1.807) is 6.26 Å². The third kappa shape index (κ3) is 6.18. The summed E-state index contributed by atoms with van der Waals surface area (Å²) in [6, 6.07) is 20.4. The Kier molecular flexibility index (Phi) is 10.4. The monoisotopic (exact) mass is 796 g/mol. The molecule has 2 aromatic carbocycles. The van der Waals surface area contributed by atoms with E-state index in [0.717, 1.165) is 76.4 Å². The van der Waals surface area contributed by atoms with Gasteiger partial charge in [-0.25, -0.2) is 9.47 Å². The predicted molar refractivity (Wildman–Crippen MR) is 182 cm³/mol. The van der Waals surface area contributed by atoms with Gasteiger partial charge in [-0.1, -0.05) is 87.4 Å². The van der Waals surface area contributed by atoms with Crippen LogP contribution in [0.1, 0.15) is 63.3 Å². The van der Waals surface area contributed by atoms with Crippen LogP contribution in [0.5, 0.6) is 0 Å². The van der Waals surface area contributed by atoms with Crippen LogP contribution in [0.15, 0.2) is 78.5 Å². The zero-order chi connectivity index (χ0) is 29.7. The molecule has 3 N–H and O–H groups in total. The summed E-state index contributed by atoms with van der Waals surface area (Å²) < 4.78 is 12.7. The Bertz CT molecular complexity index is 1400. The summed E-state index contributed by atoms with van der Waals surface area (Å²) in [5.74, 6) is 0.597. The van der Waals surface area contributed by atoms with E-state index in [0.29, 0.717) is 5.88 Å². The Balaban J connectivity index is 1.71. The molecule has 42 heavy (non-hydrogen) atoms. The number of hydrogen-bond acceptors (Lipinski definition) is 6. The molecule has 224 valence electrons. The topological polar surface area (TPSA) is 82.6 Å². The number of benzene rings is 2. The number of unbranched alkanes of at least 4 members (excludes halogenated alkanes) is 2. The lowest BCUT2D eigenvalue weighted by atomic mass is 9.96. The smallest absolute Gasteiger partial charge is 0.333 e. The summed E-state index contributed by atoms with van der Waals surface area (Å²) in [7, 11) is 2.07. The van der Waals surface area contributed by atoms with Crippen LogP contribution in [0.25, 0.3) is 17.0 Å². The summed E-state index contributed by atoms with van der Waals surface area (Å²) >= 11 is 4.69. The first-order chi connectivity index (χ1) is 20.4.